The highest BCUT2D eigenvalue weighted by Crippen LogP contribution is 2.47. The Hall–Kier alpha value is -3.27. The Morgan fingerprint density at radius 2 is 0.955 bits per heavy atom. The Morgan fingerprint density at radius 3 is 1.47 bits per heavy atom. The predicted molar refractivity (Wildman–Crippen MR) is 257 cm³/mol. The van der Waals surface area contributed by atoms with Gasteiger partial charge < -0.3 is 44.6 Å². The maximum atomic E-state index is 12.8. The number of aliphatic hydroxyl groups is 5. The topological polar surface area (TPSA) is 222 Å². The summed E-state index contributed by atoms with van der Waals surface area (Å²) in [5.74, 6) is -1.28. The summed E-state index contributed by atoms with van der Waals surface area (Å²) in [6, 6.07) is 0. The molecule has 1 aliphatic carbocycles. The average molecular weight is 949 g/mol. The Morgan fingerprint density at radius 1 is 0.530 bits per heavy atom. The SMILES string of the molecule is CCCCC/C=C\C/C=C\C/C=C\C/C=C\C/C=C\CCC(=O)O[C@H](COC(=O)CCC/C=C\CC1OC1C/C=C\C/C=C\CCCCC)COP(=O)(O)OC1[C@H](O)[C@H](O)C(O)[C@H](O)[C@H]1O. The van der Waals surface area contributed by atoms with Crippen LogP contribution in [0.4, 0.5) is 0 Å². The molecule has 0 radical (unpaired) electrons. The third-order valence-corrected chi connectivity index (χ3v) is 11.8. The molecule has 0 aromatic carbocycles. The first-order chi connectivity index (χ1) is 31.9. The summed E-state index contributed by atoms with van der Waals surface area (Å²) < 4.78 is 39.2. The van der Waals surface area contributed by atoms with Gasteiger partial charge in [-0.15, -0.1) is 0 Å². The zero-order valence-electron chi connectivity index (χ0n) is 39.4. The highest BCUT2D eigenvalue weighted by Gasteiger charge is 2.51. The number of rotatable bonds is 37. The second kappa shape index (κ2) is 36.7. The van der Waals surface area contributed by atoms with Crippen LogP contribution in [0.3, 0.4) is 0 Å². The summed E-state index contributed by atoms with van der Waals surface area (Å²) in [7, 11) is -5.17. The number of phosphoric ester groups is 1. The number of phosphoric acid groups is 1. The molecule has 1 saturated carbocycles. The van der Waals surface area contributed by atoms with E-state index in [0.29, 0.717) is 25.7 Å². The number of hydrogen-bond acceptors (Lipinski definition) is 13. The number of aliphatic hydroxyl groups excluding tert-OH is 5. The molecule has 2 fully saturated rings. The summed E-state index contributed by atoms with van der Waals surface area (Å²) in [6.07, 6.45) is 37.8. The van der Waals surface area contributed by atoms with Crippen LogP contribution in [0.2, 0.25) is 0 Å². The van der Waals surface area contributed by atoms with Gasteiger partial charge >= 0.3 is 19.8 Å². The second-order valence-corrected chi connectivity index (χ2v) is 18.0. The van der Waals surface area contributed by atoms with E-state index in [1.54, 1.807) is 0 Å². The third-order valence-electron chi connectivity index (χ3n) is 10.8. The van der Waals surface area contributed by atoms with E-state index in [9.17, 15) is 44.6 Å². The number of hydrogen-bond donors (Lipinski definition) is 6. The van der Waals surface area contributed by atoms with Gasteiger partial charge in [0.15, 0.2) is 6.10 Å². The van der Waals surface area contributed by atoms with Crippen molar-refractivity contribution in [2.75, 3.05) is 13.2 Å². The number of carbonyl (C=O) groups excluding carboxylic acids is 2. The molecule has 15 heteroatoms. The fourth-order valence-corrected chi connectivity index (χ4v) is 7.75. The summed E-state index contributed by atoms with van der Waals surface area (Å²) >= 11 is 0. The largest absolute Gasteiger partial charge is 0.472 e. The molecule has 0 bridgehead atoms. The summed E-state index contributed by atoms with van der Waals surface area (Å²) in [4.78, 5) is 35.8. The Balaban J connectivity index is 1.76. The number of epoxide rings is 1. The van der Waals surface area contributed by atoms with Gasteiger partial charge in [0.25, 0.3) is 0 Å². The zero-order valence-corrected chi connectivity index (χ0v) is 40.3. The Labute approximate surface area is 394 Å². The van der Waals surface area contributed by atoms with E-state index >= 15 is 0 Å². The lowest BCUT2D eigenvalue weighted by molar-refractivity contribution is -0.220. The Bertz CT molecular complexity index is 1590. The highest BCUT2D eigenvalue weighted by molar-refractivity contribution is 7.47. The van der Waals surface area contributed by atoms with Crippen LogP contribution in [0.15, 0.2) is 97.2 Å². The van der Waals surface area contributed by atoms with Crippen molar-refractivity contribution < 1.29 is 67.8 Å². The highest BCUT2D eigenvalue weighted by atomic mass is 31.2. The third kappa shape index (κ3) is 28.2. The van der Waals surface area contributed by atoms with Crippen molar-refractivity contribution in [3.05, 3.63) is 97.2 Å². The van der Waals surface area contributed by atoms with E-state index in [1.165, 1.54) is 38.5 Å². The number of allylic oxidation sites excluding steroid dienone is 14. The zero-order chi connectivity index (χ0) is 48.3. The maximum absolute atomic E-state index is 12.8. The molecule has 2 rings (SSSR count). The molecule has 0 amide bonds. The molecule has 0 aromatic rings. The van der Waals surface area contributed by atoms with Crippen molar-refractivity contribution >= 4 is 19.8 Å². The van der Waals surface area contributed by atoms with E-state index in [-0.39, 0.29) is 25.0 Å². The van der Waals surface area contributed by atoms with Crippen LogP contribution in [0.5, 0.6) is 0 Å². The maximum Gasteiger partial charge on any atom is 0.472 e. The van der Waals surface area contributed by atoms with Crippen molar-refractivity contribution in [1.29, 1.82) is 0 Å². The van der Waals surface area contributed by atoms with Crippen LogP contribution in [0.25, 0.3) is 0 Å². The van der Waals surface area contributed by atoms with Crippen LogP contribution < -0.4 is 0 Å². The van der Waals surface area contributed by atoms with Crippen LogP contribution in [0.1, 0.15) is 142 Å². The molecule has 66 heavy (non-hydrogen) atoms. The monoisotopic (exact) mass is 949 g/mol. The van der Waals surface area contributed by atoms with Crippen molar-refractivity contribution in [3.63, 3.8) is 0 Å². The number of unbranched alkanes of at least 4 members (excludes halogenated alkanes) is 7. The van der Waals surface area contributed by atoms with Gasteiger partial charge in [-0.3, -0.25) is 18.6 Å². The molecule has 374 valence electrons. The van der Waals surface area contributed by atoms with Gasteiger partial charge in [0, 0.05) is 12.8 Å². The van der Waals surface area contributed by atoms with Crippen LogP contribution in [0, 0.1) is 0 Å². The van der Waals surface area contributed by atoms with Gasteiger partial charge in [-0.05, 0) is 89.9 Å². The minimum atomic E-state index is -5.17. The normalized spacial score (nSPS) is 25.2. The quantitative estimate of drug-likeness (QED) is 0.0113. The summed E-state index contributed by atoms with van der Waals surface area (Å²) in [5.41, 5.74) is 0. The lowest BCUT2D eigenvalue weighted by Crippen LogP contribution is -2.64. The van der Waals surface area contributed by atoms with E-state index in [2.05, 4.69) is 80.7 Å². The molecule has 1 heterocycles. The fourth-order valence-electron chi connectivity index (χ4n) is 6.77. The van der Waals surface area contributed by atoms with E-state index in [0.717, 1.165) is 51.4 Å². The second-order valence-electron chi connectivity index (χ2n) is 16.6. The van der Waals surface area contributed by atoms with Crippen molar-refractivity contribution in [2.45, 2.75) is 197 Å². The van der Waals surface area contributed by atoms with Gasteiger partial charge in [-0.1, -0.05) is 137 Å². The van der Waals surface area contributed by atoms with Gasteiger partial charge in [0.1, 0.15) is 43.2 Å². The standard InChI is InChI=1S/C51H81O14P/c1-3-5-7-9-11-13-14-15-16-17-18-19-20-21-22-24-26-28-34-38-45(53)63-41(40-62-66(59,60)65-51-49(57)47(55)46(54)48(56)50(51)58)39-61-44(52)37-33-30-29-32-36-43-42(64-43)35-31-27-25-23-12-10-8-6-4-2/h11-13,15-16,18-19,21-23,26-29,31-32,41-43,46-51,54-58H,3-10,14,17,20,24-25,30,33-40H2,1-2H3,(H,59,60)/b13-11-,16-15-,19-18-,22-21-,23-12-,28-26-,31-27-,32-29-/t41-,42?,43?,46?,47-,48+,49-,50-,51?/m1/s1. The number of ether oxygens (including phenoxy) is 3. The van der Waals surface area contributed by atoms with Gasteiger partial charge in [-0.2, -0.15) is 0 Å². The minimum absolute atomic E-state index is 0.0477. The molecule has 0 aromatic heterocycles. The molecule has 1 aliphatic heterocycles. The van der Waals surface area contributed by atoms with Crippen molar-refractivity contribution in [1.82, 2.24) is 0 Å². The van der Waals surface area contributed by atoms with Gasteiger partial charge in [-0.25, -0.2) is 4.57 Å². The summed E-state index contributed by atoms with van der Waals surface area (Å²) in [5, 5.41) is 50.2. The van der Waals surface area contributed by atoms with Crippen molar-refractivity contribution in [2.24, 2.45) is 0 Å². The van der Waals surface area contributed by atoms with E-state index in [4.69, 9.17) is 23.3 Å². The van der Waals surface area contributed by atoms with E-state index < -0.39 is 75.7 Å². The number of esters is 2. The molecule has 5 unspecified atom stereocenters. The molecule has 10 atom stereocenters. The Kier molecular flexibility index (Phi) is 32.8. The first-order valence-corrected chi connectivity index (χ1v) is 25.7. The van der Waals surface area contributed by atoms with Crippen molar-refractivity contribution in [3.8, 4) is 0 Å². The summed E-state index contributed by atoms with van der Waals surface area (Å²) in [6.45, 7) is 3.11. The first kappa shape index (κ1) is 58.9. The molecule has 0 spiro atoms. The average Bonchev–Trinajstić information content (AvgIpc) is 4.06. The number of carbonyl (C=O) groups is 2. The van der Waals surface area contributed by atoms with Gasteiger partial charge in [0.2, 0.25) is 0 Å². The van der Waals surface area contributed by atoms with Crippen LogP contribution >= 0.6 is 7.82 Å². The molecular weight excluding hydrogens is 868 g/mol. The molecule has 14 nitrogen and oxygen atoms in total. The fraction of sp³-hybridized carbons (Fsp3) is 0.647. The van der Waals surface area contributed by atoms with Gasteiger partial charge in [0.05, 0.1) is 18.8 Å². The molecule has 1 saturated heterocycles. The van der Waals surface area contributed by atoms with E-state index in [1.807, 2.05) is 30.4 Å². The first-order valence-electron chi connectivity index (χ1n) is 24.2. The molecule has 2 aliphatic rings. The molecular formula is C51H81O14P. The smallest absolute Gasteiger partial charge is 0.462 e. The molecule has 6 N–H and O–H groups in total. The lowest BCUT2D eigenvalue weighted by Gasteiger charge is -2.41. The van der Waals surface area contributed by atoms with Crippen LogP contribution in [-0.2, 0) is 37.4 Å². The minimum Gasteiger partial charge on any atom is -0.462 e. The lowest BCUT2D eigenvalue weighted by atomic mass is 9.85. The van der Waals surface area contributed by atoms with Crippen LogP contribution in [-0.4, -0.2) is 111 Å². The predicted octanol–water partition coefficient (Wildman–Crippen LogP) is 8.82.